The lowest BCUT2D eigenvalue weighted by atomic mass is 9.86. The normalized spacial score (nSPS) is 11.1. The fourth-order valence-electron chi connectivity index (χ4n) is 2.44. The lowest BCUT2D eigenvalue weighted by molar-refractivity contribution is -0.118. The van der Waals surface area contributed by atoms with E-state index in [0.717, 1.165) is 28.0 Å². The van der Waals surface area contributed by atoms with Gasteiger partial charge in [-0.15, -0.1) is 0 Å². The van der Waals surface area contributed by atoms with Gasteiger partial charge in [0.15, 0.2) is 6.61 Å². The van der Waals surface area contributed by atoms with E-state index in [0.29, 0.717) is 12.3 Å². The summed E-state index contributed by atoms with van der Waals surface area (Å²) in [5.74, 6) is 1.25. The molecule has 4 nitrogen and oxygen atoms in total. The number of hydrogen-bond donors (Lipinski definition) is 1. The van der Waals surface area contributed by atoms with Crippen LogP contribution in [0.2, 0.25) is 0 Å². The zero-order valence-electron chi connectivity index (χ0n) is 15.8. The van der Waals surface area contributed by atoms with E-state index in [9.17, 15) is 4.79 Å². The standard InChI is InChI=1S/C21H26BrNO3/c1-5-11-25-17-8-6-7-16(13-17)23-20(24)14-26-19-10-9-15(22)12-18(19)21(2,3)4/h6-10,12-13H,5,11,14H2,1-4H3,(H,23,24). The van der Waals surface area contributed by atoms with Gasteiger partial charge in [-0.2, -0.15) is 0 Å². The molecule has 0 atom stereocenters. The summed E-state index contributed by atoms with van der Waals surface area (Å²) >= 11 is 3.49. The number of anilines is 1. The predicted octanol–water partition coefficient (Wildman–Crippen LogP) is 5.55. The minimum atomic E-state index is -0.208. The lowest BCUT2D eigenvalue weighted by Crippen LogP contribution is -2.22. The van der Waals surface area contributed by atoms with E-state index in [4.69, 9.17) is 9.47 Å². The molecule has 1 amide bonds. The summed E-state index contributed by atoms with van der Waals surface area (Å²) in [6.07, 6.45) is 0.938. The van der Waals surface area contributed by atoms with Gasteiger partial charge in [0.05, 0.1) is 6.61 Å². The van der Waals surface area contributed by atoms with E-state index < -0.39 is 0 Å². The summed E-state index contributed by atoms with van der Waals surface area (Å²) in [6.45, 7) is 9.00. The minimum Gasteiger partial charge on any atom is -0.494 e. The van der Waals surface area contributed by atoms with Crippen molar-refractivity contribution >= 4 is 27.5 Å². The number of amides is 1. The predicted molar refractivity (Wildman–Crippen MR) is 109 cm³/mol. The Morgan fingerprint density at radius 3 is 2.58 bits per heavy atom. The molecule has 26 heavy (non-hydrogen) atoms. The highest BCUT2D eigenvalue weighted by Crippen LogP contribution is 2.33. The number of carbonyl (C=O) groups is 1. The van der Waals surface area contributed by atoms with Gasteiger partial charge in [-0.3, -0.25) is 4.79 Å². The molecule has 0 heterocycles. The van der Waals surface area contributed by atoms with Gasteiger partial charge in [0.1, 0.15) is 11.5 Å². The fraction of sp³-hybridized carbons (Fsp3) is 0.381. The fourth-order valence-corrected chi connectivity index (χ4v) is 2.80. The van der Waals surface area contributed by atoms with Crippen LogP contribution in [0.1, 0.15) is 39.7 Å². The van der Waals surface area contributed by atoms with Gasteiger partial charge in [-0.05, 0) is 42.2 Å². The van der Waals surface area contributed by atoms with Crippen molar-refractivity contribution in [2.45, 2.75) is 39.5 Å². The Hall–Kier alpha value is -2.01. The van der Waals surface area contributed by atoms with Gasteiger partial charge in [-0.1, -0.05) is 49.7 Å². The first-order chi connectivity index (χ1) is 12.3. The summed E-state index contributed by atoms with van der Waals surface area (Å²) in [7, 11) is 0. The second-order valence-electron chi connectivity index (χ2n) is 7.10. The Morgan fingerprint density at radius 2 is 1.88 bits per heavy atom. The molecule has 0 aliphatic carbocycles. The SMILES string of the molecule is CCCOc1cccc(NC(=O)COc2ccc(Br)cc2C(C)(C)C)c1. The molecule has 0 bridgehead atoms. The van der Waals surface area contributed by atoms with E-state index in [1.54, 1.807) is 0 Å². The van der Waals surface area contributed by atoms with Crippen molar-refractivity contribution in [3.63, 3.8) is 0 Å². The topological polar surface area (TPSA) is 47.6 Å². The smallest absolute Gasteiger partial charge is 0.262 e. The van der Waals surface area contributed by atoms with E-state index in [2.05, 4.69) is 48.9 Å². The Balaban J connectivity index is 1.99. The highest BCUT2D eigenvalue weighted by Gasteiger charge is 2.20. The zero-order valence-corrected chi connectivity index (χ0v) is 17.4. The first-order valence-corrected chi connectivity index (χ1v) is 9.54. The van der Waals surface area contributed by atoms with Crippen molar-refractivity contribution in [3.8, 4) is 11.5 Å². The van der Waals surface area contributed by atoms with Crippen LogP contribution < -0.4 is 14.8 Å². The Labute approximate surface area is 164 Å². The number of hydrogen-bond acceptors (Lipinski definition) is 3. The molecule has 1 N–H and O–H groups in total. The van der Waals surface area contributed by atoms with Crippen LogP contribution in [-0.2, 0) is 10.2 Å². The number of nitrogens with one attached hydrogen (secondary N) is 1. The van der Waals surface area contributed by atoms with Crippen LogP contribution in [0.4, 0.5) is 5.69 Å². The average Bonchev–Trinajstić information content (AvgIpc) is 2.58. The number of carbonyl (C=O) groups excluding carboxylic acids is 1. The molecule has 0 aromatic heterocycles. The molecule has 5 heteroatoms. The Bertz CT molecular complexity index is 753. The van der Waals surface area contributed by atoms with Crippen LogP contribution in [0.15, 0.2) is 46.9 Å². The largest absolute Gasteiger partial charge is 0.494 e. The maximum absolute atomic E-state index is 12.3. The molecule has 140 valence electrons. The number of rotatable bonds is 7. The van der Waals surface area contributed by atoms with Gasteiger partial charge in [0.2, 0.25) is 0 Å². The van der Waals surface area contributed by atoms with Crippen molar-refractivity contribution in [2.24, 2.45) is 0 Å². The second-order valence-corrected chi connectivity index (χ2v) is 8.02. The summed E-state index contributed by atoms with van der Waals surface area (Å²) in [5, 5.41) is 2.85. The van der Waals surface area contributed by atoms with Crippen LogP contribution in [0, 0.1) is 0 Å². The summed E-state index contributed by atoms with van der Waals surface area (Å²) in [4.78, 5) is 12.3. The third-order valence-corrected chi connectivity index (χ3v) is 4.19. The molecule has 0 saturated heterocycles. The summed E-state index contributed by atoms with van der Waals surface area (Å²) < 4.78 is 12.4. The third kappa shape index (κ3) is 6.06. The second kappa shape index (κ2) is 9.08. The molecular formula is C21H26BrNO3. The molecule has 2 aromatic carbocycles. The third-order valence-electron chi connectivity index (χ3n) is 3.70. The van der Waals surface area contributed by atoms with Crippen LogP contribution in [0.5, 0.6) is 11.5 Å². The first-order valence-electron chi connectivity index (χ1n) is 8.75. The van der Waals surface area contributed by atoms with Crippen molar-refractivity contribution in [1.29, 1.82) is 0 Å². The molecule has 0 spiro atoms. The van der Waals surface area contributed by atoms with Crippen LogP contribution in [0.25, 0.3) is 0 Å². The highest BCUT2D eigenvalue weighted by molar-refractivity contribution is 9.10. The molecule has 0 aliphatic heterocycles. The number of halogens is 1. The van der Waals surface area contributed by atoms with E-state index in [-0.39, 0.29) is 17.9 Å². The van der Waals surface area contributed by atoms with Gasteiger partial charge >= 0.3 is 0 Å². The Kier molecular flexibility index (Phi) is 7.09. The molecule has 0 aliphatic rings. The van der Waals surface area contributed by atoms with Gasteiger partial charge in [-0.25, -0.2) is 0 Å². The molecule has 0 unspecified atom stereocenters. The minimum absolute atomic E-state index is 0.0508. The van der Waals surface area contributed by atoms with Crippen molar-refractivity contribution in [2.75, 3.05) is 18.5 Å². The van der Waals surface area contributed by atoms with E-state index >= 15 is 0 Å². The molecule has 0 fully saturated rings. The van der Waals surface area contributed by atoms with Crippen LogP contribution >= 0.6 is 15.9 Å². The van der Waals surface area contributed by atoms with Gasteiger partial charge < -0.3 is 14.8 Å². The molecular weight excluding hydrogens is 394 g/mol. The maximum Gasteiger partial charge on any atom is 0.262 e. The van der Waals surface area contributed by atoms with E-state index in [1.165, 1.54) is 0 Å². The molecule has 0 saturated carbocycles. The maximum atomic E-state index is 12.3. The summed E-state index contributed by atoms with van der Waals surface area (Å²) in [5.41, 5.74) is 1.66. The van der Waals surface area contributed by atoms with Crippen LogP contribution in [-0.4, -0.2) is 19.1 Å². The van der Waals surface area contributed by atoms with Gasteiger partial charge in [0, 0.05) is 21.8 Å². The molecule has 0 radical (unpaired) electrons. The first kappa shape index (κ1) is 20.3. The summed E-state index contributed by atoms with van der Waals surface area (Å²) in [6, 6.07) is 13.2. The zero-order chi connectivity index (χ0) is 19.2. The van der Waals surface area contributed by atoms with E-state index in [1.807, 2.05) is 42.5 Å². The van der Waals surface area contributed by atoms with Gasteiger partial charge in [0.25, 0.3) is 5.91 Å². The van der Waals surface area contributed by atoms with Crippen molar-refractivity contribution in [3.05, 3.63) is 52.5 Å². The van der Waals surface area contributed by atoms with Crippen LogP contribution in [0.3, 0.4) is 0 Å². The highest BCUT2D eigenvalue weighted by atomic mass is 79.9. The average molecular weight is 420 g/mol. The van der Waals surface area contributed by atoms with Crippen molar-refractivity contribution in [1.82, 2.24) is 0 Å². The molecule has 2 aromatic rings. The lowest BCUT2D eigenvalue weighted by Gasteiger charge is -2.23. The molecule has 2 rings (SSSR count). The monoisotopic (exact) mass is 419 g/mol. The Morgan fingerprint density at radius 1 is 1.12 bits per heavy atom. The van der Waals surface area contributed by atoms with Crippen molar-refractivity contribution < 1.29 is 14.3 Å². The number of benzene rings is 2. The number of ether oxygens (including phenoxy) is 2. The quantitative estimate of drug-likeness (QED) is 0.639.